The molecule has 3 heterocycles. The Morgan fingerprint density at radius 2 is 1.81 bits per heavy atom. The molecule has 2 aromatic heterocycles. The largest absolute Gasteiger partial charge is 0.472 e. The molecule has 11 nitrogen and oxygen atoms in total. The van der Waals surface area contributed by atoms with Gasteiger partial charge < -0.3 is 19.7 Å². The molecule has 1 aliphatic rings. The molecule has 1 N–H and O–H groups in total. The van der Waals surface area contributed by atoms with Crippen LogP contribution < -0.4 is 15.0 Å². The summed E-state index contributed by atoms with van der Waals surface area (Å²) in [4.78, 5) is 19.6. The van der Waals surface area contributed by atoms with Crippen molar-refractivity contribution >= 4 is 21.4 Å². The summed E-state index contributed by atoms with van der Waals surface area (Å²) < 4.78 is 62.7. The second kappa shape index (κ2) is 14.7. The van der Waals surface area contributed by atoms with Gasteiger partial charge in [-0.3, -0.25) is 4.79 Å². The molecule has 1 saturated heterocycles. The number of aryl methyl sites for hydroxylation is 1. The van der Waals surface area contributed by atoms with E-state index in [9.17, 15) is 27.3 Å². The summed E-state index contributed by atoms with van der Waals surface area (Å²) in [5.41, 5.74) is 3.25. The Bertz CT molecular complexity index is 1810. The van der Waals surface area contributed by atoms with Crippen LogP contribution in [-0.2, 0) is 14.6 Å². The van der Waals surface area contributed by atoms with Gasteiger partial charge in [0, 0.05) is 29.9 Å². The van der Waals surface area contributed by atoms with Gasteiger partial charge >= 0.3 is 6.61 Å². The minimum Gasteiger partial charge on any atom is -0.472 e. The predicted molar refractivity (Wildman–Crippen MR) is 169 cm³/mol. The molecule has 4 aromatic rings. The van der Waals surface area contributed by atoms with E-state index in [1.165, 1.54) is 12.1 Å². The third-order valence-corrected chi connectivity index (χ3v) is 9.62. The number of nitrogens with one attached hydrogen (secondary N) is 1. The molecule has 0 spiro atoms. The van der Waals surface area contributed by atoms with Crippen molar-refractivity contribution in [2.75, 3.05) is 23.8 Å². The van der Waals surface area contributed by atoms with Gasteiger partial charge in [-0.25, -0.2) is 18.1 Å². The highest BCUT2D eigenvalue weighted by atomic mass is 32.2. The van der Waals surface area contributed by atoms with Crippen LogP contribution in [0.1, 0.15) is 47.4 Å². The number of hydrogen-bond donors (Lipinski definition) is 1. The Labute approximate surface area is 271 Å². The summed E-state index contributed by atoms with van der Waals surface area (Å²) in [7, 11) is -3.39. The maximum absolute atomic E-state index is 13.2. The van der Waals surface area contributed by atoms with Crippen molar-refractivity contribution < 1.29 is 31.5 Å². The van der Waals surface area contributed by atoms with Crippen molar-refractivity contribution in [1.29, 1.82) is 5.26 Å². The molecule has 246 valence electrons. The molecule has 0 saturated carbocycles. The van der Waals surface area contributed by atoms with Crippen molar-refractivity contribution in [3.8, 4) is 17.6 Å². The summed E-state index contributed by atoms with van der Waals surface area (Å²) >= 11 is 0. The number of aromatic nitrogens is 3. The monoisotopic (exact) mass is 664 g/mol. The van der Waals surface area contributed by atoms with Crippen molar-refractivity contribution in [3.05, 3.63) is 95.9 Å². The zero-order valence-electron chi connectivity index (χ0n) is 25.8. The average molecular weight is 665 g/mol. The highest BCUT2D eigenvalue weighted by Gasteiger charge is 2.35. The number of sulfone groups is 1. The van der Waals surface area contributed by atoms with E-state index in [2.05, 4.69) is 26.2 Å². The van der Waals surface area contributed by atoms with Gasteiger partial charge in [0.15, 0.2) is 9.84 Å². The molecule has 0 radical (unpaired) electrons. The Kier molecular flexibility index (Phi) is 10.5. The lowest BCUT2D eigenvalue weighted by molar-refractivity contribution is -0.131. The number of carbonyl (C=O) groups excluding carboxylic acids is 1. The number of benzene rings is 2. The maximum Gasteiger partial charge on any atom is 0.345 e. The minimum atomic E-state index is -3.39. The van der Waals surface area contributed by atoms with E-state index in [0.29, 0.717) is 35.7 Å². The molecular formula is C33H34F2N6O5S. The fourth-order valence-corrected chi connectivity index (χ4v) is 6.27. The lowest BCUT2D eigenvalue weighted by Crippen LogP contribution is -2.34. The highest BCUT2D eigenvalue weighted by Crippen LogP contribution is 2.29. The van der Waals surface area contributed by atoms with Crippen molar-refractivity contribution in [2.24, 2.45) is 0 Å². The molecule has 1 aliphatic heterocycles. The SMILES string of the molecule is CCS(=O)(=O)c1ccc([C@H](CC#N)NC(=O)c2ccc(N3C[C@@H](Oc4ccc(-n5ccc(C)n5)cn4)C[C@H]3COC(F)F)cc2)cc1. The standard InChI is InChI=1S/C33H34F2N6O5S/c1-3-47(43,44)29-11-6-23(7-12-29)30(14-16-36)38-32(42)24-4-8-25(9-5-24)40-20-28(18-27(40)21-45-33(34)35)46-31-13-10-26(19-37-31)41-17-15-22(2)39-41/h4-13,15,17,19,27-28,30,33H,3,14,18,20-21H2,1-2H3,(H,38,42)/t27-,28-,30-/m0/s1. The molecule has 14 heteroatoms. The molecule has 47 heavy (non-hydrogen) atoms. The first-order valence-corrected chi connectivity index (χ1v) is 16.6. The molecule has 0 bridgehead atoms. The summed E-state index contributed by atoms with van der Waals surface area (Å²) in [6.45, 7) is 0.680. The van der Waals surface area contributed by atoms with E-state index in [0.717, 1.165) is 11.4 Å². The van der Waals surface area contributed by atoms with Crippen molar-refractivity contribution in [1.82, 2.24) is 20.1 Å². The first-order chi connectivity index (χ1) is 22.6. The molecule has 1 fully saturated rings. The molecule has 1 amide bonds. The van der Waals surface area contributed by atoms with Crippen molar-refractivity contribution in [3.63, 3.8) is 0 Å². The predicted octanol–water partition coefficient (Wildman–Crippen LogP) is 5.02. The molecule has 5 rings (SSSR count). The second-order valence-corrected chi connectivity index (χ2v) is 13.3. The van der Waals surface area contributed by atoms with E-state index in [-0.39, 0.29) is 29.8 Å². The van der Waals surface area contributed by atoms with E-state index in [4.69, 9.17) is 4.74 Å². The number of amides is 1. The summed E-state index contributed by atoms with van der Waals surface area (Å²) in [5, 5.41) is 16.6. The number of halogens is 2. The third-order valence-electron chi connectivity index (χ3n) is 7.87. The van der Waals surface area contributed by atoms with E-state index in [1.54, 1.807) is 60.3 Å². The zero-order chi connectivity index (χ0) is 33.6. The second-order valence-electron chi connectivity index (χ2n) is 11.0. The van der Waals surface area contributed by atoms with E-state index >= 15 is 0 Å². The van der Waals surface area contributed by atoms with Gasteiger partial charge in [0.05, 0.1) is 66.0 Å². The van der Waals surface area contributed by atoms with Gasteiger partial charge in [-0.15, -0.1) is 0 Å². The fraction of sp³-hybridized carbons (Fsp3) is 0.333. The first kappa shape index (κ1) is 33.5. The Morgan fingerprint density at radius 3 is 2.40 bits per heavy atom. The van der Waals surface area contributed by atoms with Gasteiger partial charge in [0.25, 0.3) is 5.91 Å². The summed E-state index contributed by atoms with van der Waals surface area (Å²) in [6, 6.07) is 19.2. The number of ether oxygens (including phenoxy) is 2. The van der Waals surface area contributed by atoms with Crippen LogP contribution in [-0.4, -0.2) is 66.8 Å². The first-order valence-electron chi connectivity index (χ1n) is 15.0. The summed E-state index contributed by atoms with van der Waals surface area (Å²) in [5.74, 6) is -0.0788. The van der Waals surface area contributed by atoms with Crippen LogP contribution in [0.3, 0.4) is 0 Å². The molecular weight excluding hydrogens is 630 g/mol. The van der Waals surface area contributed by atoms with Gasteiger partial charge in [-0.2, -0.15) is 19.1 Å². The van der Waals surface area contributed by atoms with Crippen LogP contribution in [0.4, 0.5) is 14.5 Å². The van der Waals surface area contributed by atoms with E-state index < -0.39 is 34.4 Å². The molecule has 0 unspecified atom stereocenters. The highest BCUT2D eigenvalue weighted by molar-refractivity contribution is 7.91. The average Bonchev–Trinajstić information content (AvgIpc) is 3.69. The number of rotatable bonds is 13. The lowest BCUT2D eigenvalue weighted by Gasteiger charge is -2.26. The molecule has 0 aliphatic carbocycles. The topological polar surface area (TPSA) is 139 Å². The van der Waals surface area contributed by atoms with Crippen LogP contribution in [0.15, 0.2) is 84.0 Å². The normalized spacial score (nSPS) is 17.0. The minimum absolute atomic E-state index is 0.0226. The number of nitrogens with zero attached hydrogens (tertiary/aromatic N) is 5. The number of pyridine rings is 1. The summed E-state index contributed by atoms with van der Waals surface area (Å²) in [6.07, 6.45) is 3.50. The number of hydrogen-bond acceptors (Lipinski definition) is 9. The van der Waals surface area contributed by atoms with Gasteiger partial charge in [0.2, 0.25) is 5.88 Å². The fourth-order valence-electron chi connectivity index (χ4n) is 5.39. The number of nitriles is 1. The van der Waals surface area contributed by atoms with E-state index in [1.807, 2.05) is 30.2 Å². The van der Waals surface area contributed by atoms with Crippen molar-refractivity contribution in [2.45, 2.75) is 56.4 Å². The van der Waals surface area contributed by atoms with Crippen LogP contribution in [0.25, 0.3) is 5.69 Å². The number of carbonyl (C=O) groups is 1. The van der Waals surface area contributed by atoms with Gasteiger partial charge in [-0.1, -0.05) is 19.1 Å². The Hall–Kier alpha value is -4.87. The van der Waals surface area contributed by atoms with Gasteiger partial charge in [0.1, 0.15) is 6.10 Å². The lowest BCUT2D eigenvalue weighted by atomic mass is 10.0. The number of alkyl halides is 2. The number of anilines is 1. The molecule has 2 aromatic carbocycles. The quantitative estimate of drug-likeness (QED) is 0.209. The molecule has 3 atom stereocenters. The van der Waals surface area contributed by atoms with Gasteiger partial charge in [-0.05, 0) is 61.0 Å². The Morgan fingerprint density at radius 1 is 1.09 bits per heavy atom. The smallest absolute Gasteiger partial charge is 0.345 e. The zero-order valence-corrected chi connectivity index (χ0v) is 26.6. The van der Waals surface area contributed by atoms with Crippen LogP contribution in [0, 0.1) is 18.3 Å². The van der Waals surface area contributed by atoms with Crippen LogP contribution in [0.5, 0.6) is 5.88 Å². The van der Waals surface area contributed by atoms with Crippen LogP contribution in [0.2, 0.25) is 0 Å². The Balaban J connectivity index is 1.26. The third kappa shape index (κ3) is 8.30. The van der Waals surface area contributed by atoms with Crippen LogP contribution >= 0.6 is 0 Å². The maximum atomic E-state index is 13.2.